The summed E-state index contributed by atoms with van der Waals surface area (Å²) >= 11 is 3.55. The number of hydrogen-bond donors (Lipinski definition) is 7. The third-order valence-corrected chi connectivity index (χ3v) is 26.6. The molecule has 22 aromatic rings. The number of aromatic amines is 3. The molecule has 4 atom stereocenters. The van der Waals surface area contributed by atoms with Gasteiger partial charge in [0, 0.05) is 224 Å². The molecule has 8 N–H and O–H groups in total. The predicted molar refractivity (Wildman–Crippen MR) is 585 cm³/mol. The lowest BCUT2D eigenvalue weighted by Crippen LogP contribution is -2.07. The van der Waals surface area contributed by atoms with Gasteiger partial charge in [0.25, 0.3) is 0 Å². The summed E-state index contributed by atoms with van der Waals surface area (Å²) in [6.45, 7) is 18.3. The molecule has 0 spiro atoms. The van der Waals surface area contributed by atoms with E-state index in [1.165, 1.54) is 71.0 Å². The maximum absolute atomic E-state index is 14.0. The predicted octanol–water partition coefficient (Wildman–Crippen LogP) is 28.6. The molecule has 0 bridgehead atoms. The number of rotatable bonds is 25. The molecule has 4 unspecified atom stereocenters. The van der Waals surface area contributed by atoms with E-state index in [4.69, 9.17) is 31.2 Å². The van der Waals surface area contributed by atoms with Crippen molar-refractivity contribution in [2.45, 2.75) is 124 Å². The molecule has 0 aliphatic carbocycles. The zero-order chi connectivity index (χ0) is 102. The minimum atomic E-state index is -0.371. The van der Waals surface area contributed by atoms with Crippen molar-refractivity contribution in [3.05, 3.63) is 450 Å². The molecule has 0 saturated carbocycles. The number of nitrogens with one attached hydrogen (secondary N) is 5. The monoisotopic (exact) mass is 2010 g/mol. The van der Waals surface area contributed by atoms with Gasteiger partial charge in [-0.3, -0.25) is 25.3 Å². The van der Waals surface area contributed by atoms with Crippen LogP contribution in [-0.2, 0) is 24.1 Å². The van der Waals surface area contributed by atoms with Gasteiger partial charge in [0.05, 0.1) is 52.1 Å². The van der Waals surface area contributed by atoms with Crippen LogP contribution in [-0.4, -0.2) is 108 Å². The van der Waals surface area contributed by atoms with Crippen molar-refractivity contribution < 1.29 is 27.5 Å². The van der Waals surface area contributed by atoms with Crippen LogP contribution < -0.4 is 11.1 Å². The number of imidazole rings is 4. The summed E-state index contributed by atoms with van der Waals surface area (Å²) in [5.41, 5.74) is 34.7. The molecule has 22 rings (SSSR count). The van der Waals surface area contributed by atoms with Gasteiger partial charge in [-0.25, -0.2) is 42.5 Å². The van der Waals surface area contributed by atoms with E-state index < -0.39 is 0 Å². The number of aldehydes is 1. The van der Waals surface area contributed by atoms with Crippen LogP contribution in [0.3, 0.4) is 0 Å². The fourth-order valence-corrected chi connectivity index (χ4v) is 17.9. The Hall–Kier alpha value is -16.7. The molecule has 0 fully saturated rings. The number of halogens is 5. The first-order valence-electron chi connectivity index (χ1n) is 48.9. The Kier molecular flexibility index (Phi) is 34.2. The standard InChI is InChI=1S/C29H25FN4.C26H26FN5.C16H15BrFN3.C16H17FN4.C13H11N.C10H11NO.C10H9NO/c1-3-20(2)27-18-32-29-26(15-24(19-34(27)29)23-14-25(30)17-31-16-23)33-28(21-10-6-4-7-11-21)22-12-8-5-9-13-22;1-3-17(2)25-15-31-26-24(11-20(16-32(25)26)19-10-21(27)14-28-12-19)29-9-8-18-13-30-23-7-5-4-6-22(18)23;1-3-10(2)15-8-20-16-14(17)5-12(9-21(15)16)11-4-13(18)7-19-6-11;1-3-10(2)15-8-20-16-14(18)5-12(9-21(15)16)11-4-13(17)7-19-6-11;14-13(11-7-3-1-4-8-11)12-9-5-2-6-10-12;2*12-6-5-8-7-11-10-4-2-1-3-9(8)10/h4-20H,3H2,1-2H3;4-7,10-17,29-30H,3,8-9H2,1-2H3;4-10H,3H2,1-2H3;4-10H,3,18H2,1-2H3;1-10,14H;1-4,7,11-12H,5-6H2;1-4,6-7,11H,5H2. The smallest absolute Gasteiger partial charge is 0.163 e. The Bertz CT molecular complexity index is 7980. The number of hydrogen-bond acceptors (Lipinski definition) is 14. The molecular formula is C120H114BrF4N19O2. The summed E-state index contributed by atoms with van der Waals surface area (Å²) in [5.74, 6) is 0.0535. The number of pyridine rings is 8. The minimum Gasteiger partial charge on any atom is -0.396 e. The first-order chi connectivity index (χ1) is 71.2. The number of carbonyl (C=O) groups excluding carboxylic acids is 1. The molecule has 0 aliphatic rings. The third-order valence-electron chi connectivity index (χ3n) is 26.0. The van der Waals surface area contributed by atoms with E-state index in [0.29, 0.717) is 52.6 Å². The zero-order valence-electron chi connectivity index (χ0n) is 82.5. The van der Waals surface area contributed by atoms with Gasteiger partial charge < -0.3 is 53.5 Å². The number of fused-ring (bicyclic) bond motifs is 7. The summed E-state index contributed by atoms with van der Waals surface area (Å²) in [5, 5.41) is 23.9. The van der Waals surface area contributed by atoms with Crippen LogP contribution in [0.15, 0.2) is 370 Å². The highest BCUT2D eigenvalue weighted by atomic mass is 79.9. The SMILES string of the molecule is CCC(C)c1cnc2c(Br)cc(-c3cncc(F)c3)cn12.CCC(C)c1cnc2c(N)cc(-c3cncc(F)c3)cn12.CCC(C)c1cnc2c(N=C(c3ccccc3)c3ccccc3)cc(-c3cncc(F)c3)cn12.CCC(C)c1cnc2c(NCCc3c[nH]c4ccccc34)cc(-c3cncc(F)c3)cn12.N=C(c1ccccc1)c1ccccc1.O=CCc1c[nH]c2ccccc12.OCCc1c[nH]c2ccccc12. The van der Waals surface area contributed by atoms with E-state index in [-0.39, 0.29) is 29.9 Å². The van der Waals surface area contributed by atoms with Crippen LogP contribution in [0, 0.1) is 28.7 Å². The molecule has 0 saturated heterocycles. The van der Waals surface area contributed by atoms with Gasteiger partial charge in [-0.15, -0.1) is 0 Å². The van der Waals surface area contributed by atoms with Gasteiger partial charge in [0.15, 0.2) is 22.6 Å². The van der Waals surface area contributed by atoms with Gasteiger partial charge in [-0.1, -0.05) is 231 Å². The van der Waals surface area contributed by atoms with Crippen molar-refractivity contribution in [2.75, 3.05) is 24.2 Å². The van der Waals surface area contributed by atoms with Crippen LogP contribution in [0.2, 0.25) is 0 Å². The lowest BCUT2D eigenvalue weighted by Gasteiger charge is -2.14. The first-order valence-corrected chi connectivity index (χ1v) is 49.7. The van der Waals surface area contributed by atoms with Crippen LogP contribution in [0.4, 0.5) is 34.6 Å². The first kappa shape index (κ1) is 102. The van der Waals surface area contributed by atoms with Gasteiger partial charge in [0.1, 0.15) is 35.2 Å². The normalized spacial score (nSPS) is 11.8. The fourth-order valence-electron chi connectivity index (χ4n) is 17.3. The summed E-state index contributed by atoms with van der Waals surface area (Å²) in [6, 6.07) is 77.9. The number of aliphatic hydroxyl groups excluding tert-OH is 1. The van der Waals surface area contributed by atoms with Crippen molar-refractivity contribution >= 4 is 106 Å². The highest BCUT2D eigenvalue weighted by Gasteiger charge is 2.22. The number of para-hydroxylation sites is 3. The summed E-state index contributed by atoms with van der Waals surface area (Å²) < 4.78 is 63.8. The number of nitrogens with two attached hydrogens (primary N) is 1. The highest BCUT2D eigenvalue weighted by molar-refractivity contribution is 9.10. The Morgan fingerprint density at radius 1 is 0.404 bits per heavy atom. The average molecular weight is 2010 g/mol. The number of nitrogens with zero attached hydrogens (tertiary/aromatic N) is 13. The molecule has 0 aliphatic heterocycles. The quantitative estimate of drug-likeness (QED) is 0.0160. The second-order valence-corrected chi connectivity index (χ2v) is 36.6. The largest absolute Gasteiger partial charge is 0.396 e. The number of aromatic nitrogens is 15. The Morgan fingerprint density at radius 2 is 0.740 bits per heavy atom. The number of carbonyl (C=O) groups is 1. The number of H-pyrrole nitrogens is 3. The number of nitrogen functional groups attached to an aromatic ring is 1. The van der Waals surface area contributed by atoms with Crippen LogP contribution in [0.5, 0.6) is 0 Å². The Morgan fingerprint density at radius 3 is 1.15 bits per heavy atom. The molecule has 7 aromatic carbocycles. The van der Waals surface area contributed by atoms with Crippen LogP contribution in [0.1, 0.15) is 166 Å². The fraction of sp³-hybridized carbons (Fsp3) is 0.175. The van der Waals surface area contributed by atoms with E-state index in [0.717, 1.165) is 201 Å². The van der Waals surface area contributed by atoms with Gasteiger partial charge in [0.2, 0.25) is 0 Å². The number of aliphatic hydroxyl groups is 1. The van der Waals surface area contributed by atoms with E-state index in [1.807, 2.05) is 230 Å². The summed E-state index contributed by atoms with van der Waals surface area (Å²) in [6.07, 6.45) is 40.1. The third kappa shape index (κ3) is 24.6. The zero-order valence-corrected chi connectivity index (χ0v) is 84.0. The average Bonchev–Trinajstić information content (AvgIpc) is 1.60. The molecule has 15 aromatic heterocycles. The molecular weight excluding hydrogens is 1900 g/mol. The van der Waals surface area contributed by atoms with E-state index in [9.17, 15) is 22.4 Å². The van der Waals surface area contributed by atoms with E-state index >= 15 is 0 Å². The second-order valence-electron chi connectivity index (χ2n) is 35.7. The van der Waals surface area contributed by atoms with Crippen molar-refractivity contribution in [2.24, 2.45) is 4.99 Å². The lowest BCUT2D eigenvalue weighted by atomic mass is 10.0. The van der Waals surface area contributed by atoms with Gasteiger partial charge in [-0.05, 0) is 173 Å². The van der Waals surface area contributed by atoms with Crippen LogP contribution in [0.25, 0.3) is 99.8 Å². The molecule has 146 heavy (non-hydrogen) atoms. The lowest BCUT2D eigenvalue weighted by molar-refractivity contribution is -0.107. The van der Waals surface area contributed by atoms with Gasteiger partial charge in [-0.2, -0.15) is 0 Å². The number of anilines is 2. The van der Waals surface area contributed by atoms with Crippen molar-refractivity contribution in [3.8, 4) is 44.5 Å². The second kappa shape index (κ2) is 48.8. The minimum absolute atomic E-state index is 0.210. The van der Waals surface area contributed by atoms with Gasteiger partial charge >= 0.3 is 0 Å². The molecule has 0 radical (unpaired) electrons. The maximum atomic E-state index is 14.0. The number of benzene rings is 7. The topological polar surface area (TPSA) is 280 Å². The molecule has 0 amide bonds. The Balaban J connectivity index is 0.000000126. The van der Waals surface area contributed by atoms with Crippen LogP contribution >= 0.6 is 15.9 Å². The highest BCUT2D eigenvalue weighted by Crippen LogP contribution is 2.37. The van der Waals surface area contributed by atoms with E-state index in [1.54, 1.807) is 30.9 Å². The molecule has 15 heterocycles. The maximum Gasteiger partial charge on any atom is 0.163 e. The van der Waals surface area contributed by atoms with Crippen molar-refractivity contribution in [1.82, 2.24) is 72.4 Å². The van der Waals surface area contributed by atoms with E-state index in [2.05, 4.69) is 189 Å². The number of aliphatic imine (C=N–C) groups is 1. The molecule has 26 heteroatoms. The summed E-state index contributed by atoms with van der Waals surface area (Å²) in [7, 11) is 0. The van der Waals surface area contributed by atoms with Crippen molar-refractivity contribution in [1.29, 1.82) is 5.41 Å². The molecule has 736 valence electrons. The summed E-state index contributed by atoms with van der Waals surface area (Å²) in [4.78, 5) is 59.3. The Labute approximate surface area is 853 Å². The molecule has 21 nitrogen and oxygen atoms in total. The van der Waals surface area contributed by atoms with Crippen molar-refractivity contribution in [3.63, 3.8) is 0 Å².